The molecule has 0 spiro atoms. The molecule has 3 aromatic rings. The quantitative estimate of drug-likeness (QED) is 0.709. The van der Waals surface area contributed by atoms with Crippen molar-refractivity contribution >= 4 is 21.1 Å². The lowest BCUT2D eigenvalue weighted by molar-refractivity contribution is 0.182. The van der Waals surface area contributed by atoms with E-state index in [1.165, 1.54) is 4.31 Å². The molecule has 3 aromatic heterocycles. The van der Waals surface area contributed by atoms with Crippen LogP contribution in [0.3, 0.4) is 0 Å². The number of ether oxygens (including phenoxy) is 1. The molecule has 1 aliphatic rings. The molecule has 0 radical (unpaired) electrons. The summed E-state index contributed by atoms with van der Waals surface area (Å²) in [6, 6.07) is 3.66. The summed E-state index contributed by atoms with van der Waals surface area (Å²) in [5, 5.41) is 8.09. The van der Waals surface area contributed by atoms with Crippen LogP contribution in [0.25, 0.3) is 22.6 Å². The number of aromatic nitrogens is 5. The van der Waals surface area contributed by atoms with Crippen LogP contribution in [0.15, 0.2) is 30.7 Å². The van der Waals surface area contributed by atoms with Crippen molar-refractivity contribution in [1.29, 1.82) is 0 Å². The van der Waals surface area contributed by atoms with Crippen LogP contribution in [-0.4, -0.2) is 70.5 Å². The first kappa shape index (κ1) is 17.1. The minimum atomic E-state index is -3.32. The number of H-pyrrole nitrogens is 1. The third-order valence-electron chi connectivity index (χ3n) is 4.72. The summed E-state index contributed by atoms with van der Waals surface area (Å²) in [5.74, 6) is 0.582. The van der Waals surface area contributed by atoms with Gasteiger partial charge in [0.15, 0.2) is 11.5 Å². The first-order valence-electron chi connectivity index (χ1n) is 8.27. The van der Waals surface area contributed by atoms with E-state index in [0.29, 0.717) is 24.7 Å². The van der Waals surface area contributed by atoms with Crippen molar-refractivity contribution in [3.05, 3.63) is 30.7 Å². The Labute approximate surface area is 151 Å². The third kappa shape index (κ3) is 2.89. The maximum absolute atomic E-state index is 12.3. The van der Waals surface area contributed by atoms with Crippen LogP contribution >= 0.6 is 0 Å². The van der Waals surface area contributed by atoms with Crippen LogP contribution in [0.4, 0.5) is 0 Å². The Hall–Kier alpha value is -2.30. The van der Waals surface area contributed by atoms with Crippen LogP contribution in [-0.2, 0) is 14.8 Å². The van der Waals surface area contributed by atoms with E-state index < -0.39 is 10.0 Å². The molecule has 10 heteroatoms. The minimum Gasteiger partial charge on any atom is -0.379 e. The molecule has 1 saturated heterocycles. The van der Waals surface area contributed by atoms with Crippen molar-refractivity contribution < 1.29 is 13.2 Å². The number of imidazole rings is 1. The van der Waals surface area contributed by atoms with E-state index in [0.717, 1.165) is 11.1 Å². The Balaban J connectivity index is 1.70. The normalized spacial score (nSPS) is 21.0. The maximum Gasteiger partial charge on any atom is 0.214 e. The smallest absolute Gasteiger partial charge is 0.214 e. The second-order valence-electron chi connectivity index (χ2n) is 6.56. The number of hydrogen-bond acceptors (Lipinski definition) is 6. The molecule has 1 N–H and O–H groups in total. The Morgan fingerprint density at radius 1 is 1.31 bits per heavy atom. The zero-order valence-corrected chi connectivity index (χ0v) is 15.3. The molecular formula is C16H20N6O3S. The summed E-state index contributed by atoms with van der Waals surface area (Å²) in [7, 11) is -0.221. The molecule has 26 heavy (non-hydrogen) atoms. The van der Waals surface area contributed by atoms with Gasteiger partial charge in [0.2, 0.25) is 10.0 Å². The second-order valence-corrected chi connectivity index (χ2v) is 8.78. The largest absolute Gasteiger partial charge is 0.379 e. The molecule has 1 fully saturated rings. The highest BCUT2D eigenvalue weighted by Crippen LogP contribution is 2.33. The zero-order valence-electron chi connectivity index (χ0n) is 14.5. The fourth-order valence-electron chi connectivity index (χ4n) is 3.27. The Morgan fingerprint density at radius 2 is 2.15 bits per heavy atom. The van der Waals surface area contributed by atoms with Crippen LogP contribution in [0, 0.1) is 5.92 Å². The Kier molecular flexibility index (Phi) is 4.25. The number of nitrogens with one attached hydrogen (secondary N) is 1. The number of rotatable bonds is 5. The number of fused-ring (bicyclic) bond motifs is 1. The monoisotopic (exact) mass is 376 g/mol. The number of hydrogen-bond donors (Lipinski definition) is 1. The van der Waals surface area contributed by atoms with Gasteiger partial charge in [0, 0.05) is 44.0 Å². The van der Waals surface area contributed by atoms with Crippen molar-refractivity contribution in [1.82, 2.24) is 29.0 Å². The fraction of sp³-hybridized carbons (Fsp3) is 0.438. The van der Waals surface area contributed by atoms with Crippen molar-refractivity contribution in [3.8, 4) is 11.5 Å². The molecule has 0 bridgehead atoms. The van der Waals surface area contributed by atoms with Crippen molar-refractivity contribution in [2.24, 2.45) is 5.92 Å². The number of aromatic amines is 1. The van der Waals surface area contributed by atoms with E-state index in [9.17, 15) is 8.42 Å². The van der Waals surface area contributed by atoms with Gasteiger partial charge in [0.05, 0.1) is 25.0 Å². The van der Waals surface area contributed by atoms with E-state index >= 15 is 0 Å². The molecule has 4 rings (SSSR count). The Bertz CT molecular complexity index is 1030. The molecule has 2 atom stereocenters. The average Bonchev–Trinajstić information content (AvgIpc) is 3.32. The molecule has 1 aliphatic heterocycles. The third-order valence-corrected chi connectivity index (χ3v) is 6.69. The summed E-state index contributed by atoms with van der Waals surface area (Å²) < 4.78 is 33.5. The molecular weight excluding hydrogens is 356 g/mol. The maximum atomic E-state index is 12.3. The van der Waals surface area contributed by atoms with E-state index in [-0.39, 0.29) is 17.7 Å². The summed E-state index contributed by atoms with van der Waals surface area (Å²) >= 11 is 0. The average molecular weight is 376 g/mol. The lowest BCUT2D eigenvalue weighted by atomic mass is 10.1. The standard InChI is InChI=1S/C16H20N6O3S/c1-21(2)26(23,24)10-11-8-25-9-13(11)22-7-6-18-16(22)14-12-4-3-5-17-15(12)20-19-14/h3-7,11,13H,8-10H2,1-2H3,(H,17,19,20)/t11-,13+/m0/s1. The predicted octanol–water partition coefficient (Wildman–Crippen LogP) is 0.900. The van der Waals surface area contributed by atoms with Gasteiger partial charge in [-0.1, -0.05) is 0 Å². The van der Waals surface area contributed by atoms with Gasteiger partial charge in [-0.25, -0.2) is 22.7 Å². The topological polar surface area (TPSA) is 106 Å². The van der Waals surface area contributed by atoms with Gasteiger partial charge >= 0.3 is 0 Å². The van der Waals surface area contributed by atoms with E-state index in [2.05, 4.69) is 20.2 Å². The van der Waals surface area contributed by atoms with E-state index in [4.69, 9.17) is 4.74 Å². The van der Waals surface area contributed by atoms with Gasteiger partial charge in [-0.15, -0.1) is 0 Å². The first-order chi connectivity index (χ1) is 12.5. The van der Waals surface area contributed by atoms with Gasteiger partial charge in [0.25, 0.3) is 0 Å². The van der Waals surface area contributed by atoms with Gasteiger partial charge in [0.1, 0.15) is 5.69 Å². The van der Waals surface area contributed by atoms with Crippen LogP contribution in [0.5, 0.6) is 0 Å². The fourth-order valence-corrected chi connectivity index (χ4v) is 4.43. The molecule has 0 aliphatic carbocycles. The first-order valence-corrected chi connectivity index (χ1v) is 9.88. The zero-order chi connectivity index (χ0) is 18.3. The van der Waals surface area contributed by atoms with Crippen LogP contribution in [0.2, 0.25) is 0 Å². The van der Waals surface area contributed by atoms with E-state index in [1.54, 1.807) is 26.5 Å². The molecule has 4 heterocycles. The molecule has 0 amide bonds. The highest BCUT2D eigenvalue weighted by Gasteiger charge is 2.35. The van der Waals surface area contributed by atoms with Gasteiger partial charge in [-0.05, 0) is 12.1 Å². The lowest BCUT2D eigenvalue weighted by Gasteiger charge is -2.22. The molecule has 0 unspecified atom stereocenters. The number of nitrogens with zero attached hydrogens (tertiary/aromatic N) is 5. The minimum absolute atomic E-state index is 0.0353. The molecule has 0 saturated carbocycles. The highest BCUT2D eigenvalue weighted by atomic mass is 32.2. The van der Waals surface area contributed by atoms with Crippen molar-refractivity contribution in [2.45, 2.75) is 6.04 Å². The SMILES string of the molecule is CN(C)S(=O)(=O)C[C@@H]1COC[C@H]1n1ccnc1-c1[nH]nc2ncccc12. The highest BCUT2D eigenvalue weighted by molar-refractivity contribution is 7.89. The van der Waals surface area contributed by atoms with Crippen molar-refractivity contribution in [2.75, 3.05) is 33.1 Å². The second kappa shape index (κ2) is 6.45. The molecule has 0 aromatic carbocycles. The van der Waals surface area contributed by atoms with Crippen molar-refractivity contribution in [3.63, 3.8) is 0 Å². The molecule has 9 nitrogen and oxygen atoms in total. The predicted molar refractivity (Wildman–Crippen MR) is 95.9 cm³/mol. The van der Waals surface area contributed by atoms with E-state index in [1.807, 2.05) is 22.9 Å². The van der Waals surface area contributed by atoms with Crippen LogP contribution < -0.4 is 0 Å². The molecule has 138 valence electrons. The summed E-state index contributed by atoms with van der Waals surface area (Å²) in [4.78, 5) is 8.70. The van der Waals surface area contributed by atoms with Gasteiger partial charge < -0.3 is 9.30 Å². The van der Waals surface area contributed by atoms with Gasteiger partial charge in [-0.3, -0.25) is 5.10 Å². The summed E-state index contributed by atoms with van der Waals surface area (Å²) in [5.41, 5.74) is 1.38. The summed E-state index contributed by atoms with van der Waals surface area (Å²) in [6.07, 6.45) is 5.24. The number of pyridine rings is 1. The van der Waals surface area contributed by atoms with Gasteiger partial charge in [-0.2, -0.15) is 5.10 Å². The number of sulfonamides is 1. The lowest BCUT2D eigenvalue weighted by Crippen LogP contribution is -2.32. The summed E-state index contributed by atoms with van der Waals surface area (Å²) in [6.45, 7) is 0.849. The Morgan fingerprint density at radius 3 is 2.96 bits per heavy atom. The van der Waals surface area contributed by atoms with Crippen LogP contribution in [0.1, 0.15) is 6.04 Å².